The van der Waals surface area contributed by atoms with Gasteiger partial charge in [0, 0.05) is 6.54 Å². The lowest BCUT2D eigenvalue weighted by atomic mass is 9.80. The van der Waals surface area contributed by atoms with Crippen LogP contribution in [0, 0.1) is 0 Å². The van der Waals surface area contributed by atoms with E-state index in [1.165, 1.54) is 0 Å². The summed E-state index contributed by atoms with van der Waals surface area (Å²) in [5.41, 5.74) is 2.32. The predicted octanol–water partition coefficient (Wildman–Crippen LogP) is 3.67. The number of hydrogen-bond acceptors (Lipinski definition) is 3. The van der Waals surface area contributed by atoms with Gasteiger partial charge in [0.05, 0.1) is 13.2 Å². The Bertz CT molecular complexity index is 739. The van der Waals surface area contributed by atoms with Crippen molar-refractivity contribution in [2.24, 2.45) is 0 Å². The van der Waals surface area contributed by atoms with Gasteiger partial charge in [0.2, 0.25) is 0 Å². The number of carboxylic acids is 1. The van der Waals surface area contributed by atoms with Gasteiger partial charge >= 0.3 is 5.97 Å². The maximum Gasteiger partial charge on any atom is 0.317 e. The van der Waals surface area contributed by atoms with E-state index < -0.39 is 11.6 Å². The fraction of sp³-hybridized carbons (Fsp3) is 0.174. The lowest BCUT2D eigenvalue weighted by molar-refractivity contribution is -0.136. The van der Waals surface area contributed by atoms with Gasteiger partial charge < -0.3 is 15.2 Å². The van der Waals surface area contributed by atoms with Crippen molar-refractivity contribution in [2.45, 2.75) is 5.60 Å². The zero-order valence-corrected chi connectivity index (χ0v) is 15.0. The Morgan fingerprint density at radius 1 is 0.778 bits per heavy atom. The van der Waals surface area contributed by atoms with Crippen molar-refractivity contribution in [1.82, 2.24) is 5.32 Å². The molecule has 0 atom stereocenters. The molecule has 0 spiro atoms. The van der Waals surface area contributed by atoms with Crippen LogP contribution >= 0.6 is 0 Å². The second-order valence-electron chi connectivity index (χ2n) is 6.20. The van der Waals surface area contributed by atoms with E-state index in [4.69, 9.17) is 9.84 Å². The van der Waals surface area contributed by atoms with Gasteiger partial charge in [-0.25, -0.2) is 0 Å². The summed E-state index contributed by atoms with van der Waals surface area (Å²) in [6.45, 7) is 0.727. The van der Waals surface area contributed by atoms with E-state index in [1.54, 1.807) is 0 Å². The van der Waals surface area contributed by atoms with Crippen molar-refractivity contribution in [3.05, 3.63) is 108 Å². The van der Waals surface area contributed by atoms with E-state index in [0.29, 0.717) is 13.2 Å². The van der Waals surface area contributed by atoms with Gasteiger partial charge in [0.25, 0.3) is 0 Å². The molecular formula is C23H23NO3. The van der Waals surface area contributed by atoms with Gasteiger partial charge in [-0.05, 0) is 16.7 Å². The van der Waals surface area contributed by atoms with Crippen molar-refractivity contribution < 1.29 is 14.6 Å². The maximum absolute atomic E-state index is 10.7. The molecule has 27 heavy (non-hydrogen) atoms. The van der Waals surface area contributed by atoms with Crippen LogP contribution in [0.2, 0.25) is 0 Å². The molecule has 0 bridgehead atoms. The third-order valence-corrected chi connectivity index (χ3v) is 4.41. The normalized spacial score (nSPS) is 11.3. The molecule has 0 fully saturated rings. The predicted molar refractivity (Wildman–Crippen MR) is 106 cm³/mol. The van der Waals surface area contributed by atoms with Crippen LogP contribution in [0.3, 0.4) is 0 Å². The van der Waals surface area contributed by atoms with E-state index in [-0.39, 0.29) is 6.54 Å². The van der Waals surface area contributed by atoms with Crippen molar-refractivity contribution in [3.8, 4) is 0 Å². The summed E-state index contributed by atoms with van der Waals surface area (Å²) in [5.74, 6) is -0.879. The second-order valence-corrected chi connectivity index (χ2v) is 6.20. The van der Waals surface area contributed by atoms with Crippen LogP contribution in [0.5, 0.6) is 0 Å². The first-order valence-corrected chi connectivity index (χ1v) is 8.96. The minimum Gasteiger partial charge on any atom is -0.480 e. The second kappa shape index (κ2) is 9.12. The summed E-state index contributed by atoms with van der Waals surface area (Å²) < 4.78 is 6.51. The third kappa shape index (κ3) is 4.42. The Morgan fingerprint density at radius 2 is 1.19 bits per heavy atom. The summed E-state index contributed by atoms with van der Waals surface area (Å²) in [6, 6.07) is 30.3. The average molecular weight is 361 g/mol. The number of carbonyl (C=O) groups is 1. The minimum atomic E-state index is -0.879. The summed E-state index contributed by atoms with van der Waals surface area (Å²) in [5, 5.41) is 11.7. The maximum atomic E-state index is 10.7. The molecule has 4 heteroatoms. The van der Waals surface area contributed by atoms with E-state index in [2.05, 4.69) is 41.7 Å². The molecule has 0 aliphatic rings. The number of nitrogens with one attached hydrogen (secondary N) is 1. The molecule has 0 unspecified atom stereocenters. The molecule has 0 saturated carbocycles. The highest BCUT2D eigenvalue weighted by Gasteiger charge is 2.37. The smallest absolute Gasteiger partial charge is 0.317 e. The molecule has 3 aromatic rings. The number of ether oxygens (including phenoxy) is 1. The number of benzene rings is 3. The summed E-state index contributed by atoms with van der Waals surface area (Å²) >= 11 is 0. The lowest BCUT2D eigenvalue weighted by Crippen LogP contribution is -2.36. The lowest BCUT2D eigenvalue weighted by Gasteiger charge is -2.36. The molecule has 0 amide bonds. The minimum absolute atomic E-state index is 0.0849. The molecule has 4 nitrogen and oxygen atoms in total. The van der Waals surface area contributed by atoms with Gasteiger partial charge in [0.1, 0.15) is 5.60 Å². The Balaban J connectivity index is 2.02. The Hall–Kier alpha value is -2.95. The van der Waals surface area contributed by atoms with E-state index in [1.807, 2.05) is 54.6 Å². The van der Waals surface area contributed by atoms with E-state index in [9.17, 15) is 4.79 Å². The van der Waals surface area contributed by atoms with Crippen molar-refractivity contribution >= 4 is 5.97 Å². The molecule has 3 rings (SSSR count). The summed E-state index contributed by atoms with van der Waals surface area (Å²) in [7, 11) is 0. The highest BCUT2D eigenvalue weighted by atomic mass is 16.5. The van der Waals surface area contributed by atoms with Crippen molar-refractivity contribution in [3.63, 3.8) is 0 Å². The van der Waals surface area contributed by atoms with E-state index >= 15 is 0 Å². The van der Waals surface area contributed by atoms with Crippen LogP contribution in [0.4, 0.5) is 0 Å². The van der Waals surface area contributed by atoms with Crippen LogP contribution in [-0.4, -0.2) is 30.8 Å². The van der Waals surface area contributed by atoms with Gasteiger partial charge in [0.15, 0.2) is 0 Å². The summed E-state index contributed by atoms with van der Waals surface area (Å²) in [6.07, 6.45) is 0. The topological polar surface area (TPSA) is 58.6 Å². The number of carboxylic acid groups (broad SMARTS) is 1. The monoisotopic (exact) mass is 361 g/mol. The number of rotatable bonds is 9. The highest BCUT2D eigenvalue weighted by Crippen LogP contribution is 2.40. The van der Waals surface area contributed by atoms with Crippen LogP contribution < -0.4 is 5.32 Å². The molecule has 0 heterocycles. The largest absolute Gasteiger partial charge is 0.480 e. The SMILES string of the molecule is O=C(O)CNCCOC(c1ccccc1)(c1ccccc1)c1ccccc1. The van der Waals surface area contributed by atoms with Crippen LogP contribution in [0.15, 0.2) is 91.0 Å². The average Bonchev–Trinajstić information content (AvgIpc) is 2.73. The Labute approximate surface area is 159 Å². The molecule has 0 aliphatic heterocycles. The van der Waals surface area contributed by atoms with Crippen LogP contribution in [-0.2, 0) is 15.1 Å². The van der Waals surface area contributed by atoms with Gasteiger partial charge in [-0.1, -0.05) is 91.0 Å². The first-order valence-electron chi connectivity index (χ1n) is 8.96. The van der Waals surface area contributed by atoms with Crippen LogP contribution in [0.25, 0.3) is 0 Å². The number of aliphatic carboxylic acids is 1. The Morgan fingerprint density at radius 3 is 1.56 bits per heavy atom. The van der Waals surface area contributed by atoms with Gasteiger partial charge in [-0.3, -0.25) is 4.79 Å². The first kappa shape index (κ1) is 18.8. The van der Waals surface area contributed by atoms with Crippen molar-refractivity contribution in [2.75, 3.05) is 19.7 Å². The Kier molecular flexibility index (Phi) is 6.36. The molecule has 3 aromatic carbocycles. The van der Waals surface area contributed by atoms with E-state index in [0.717, 1.165) is 16.7 Å². The molecule has 138 valence electrons. The third-order valence-electron chi connectivity index (χ3n) is 4.41. The fourth-order valence-corrected chi connectivity index (χ4v) is 3.24. The fourth-order valence-electron chi connectivity index (χ4n) is 3.24. The summed E-state index contributed by atoms with van der Waals surface area (Å²) in [4.78, 5) is 10.7. The van der Waals surface area contributed by atoms with Gasteiger partial charge in [-0.2, -0.15) is 0 Å². The molecule has 0 saturated heterocycles. The zero-order chi connectivity index (χ0) is 19.0. The van der Waals surface area contributed by atoms with Crippen LogP contribution in [0.1, 0.15) is 16.7 Å². The number of hydrogen-bond donors (Lipinski definition) is 2. The molecule has 0 aliphatic carbocycles. The highest BCUT2D eigenvalue weighted by molar-refractivity contribution is 5.68. The quantitative estimate of drug-likeness (QED) is 0.451. The first-order chi connectivity index (χ1) is 13.2. The standard InChI is InChI=1S/C23H23NO3/c25-22(26)18-24-16-17-27-23(19-10-4-1-5-11-19,20-12-6-2-7-13-20)21-14-8-3-9-15-21/h1-15,24H,16-18H2,(H,25,26). The molecule has 2 N–H and O–H groups in total. The van der Waals surface area contributed by atoms with Crippen molar-refractivity contribution in [1.29, 1.82) is 0 Å². The molecule has 0 radical (unpaired) electrons. The molecular weight excluding hydrogens is 338 g/mol. The molecule has 0 aromatic heterocycles. The zero-order valence-electron chi connectivity index (χ0n) is 15.0. The van der Waals surface area contributed by atoms with Gasteiger partial charge in [-0.15, -0.1) is 0 Å².